The molecule has 2 aromatic carbocycles. The van der Waals surface area contributed by atoms with Crippen molar-refractivity contribution in [2.24, 2.45) is 0 Å². The van der Waals surface area contributed by atoms with E-state index in [4.69, 9.17) is 0 Å². The average Bonchev–Trinajstić information content (AvgIpc) is 3.33. The number of carbonyl (C=O) groups is 1. The third-order valence-corrected chi connectivity index (χ3v) is 7.36. The molecule has 2 aromatic heterocycles. The first-order chi connectivity index (χ1) is 14.2. The fourth-order valence-corrected chi connectivity index (χ4v) is 5.64. The molecule has 5 rings (SSSR count). The van der Waals surface area contributed by atoms with E-state index in [2.05, 4.69) is 33.6 Å². The highest BCUT2D eigenvalue weighted by atomic mass is 32.2. The van der Waals surface area contributed by atoms with E-state index in [1.807, 2.05) is 55.5 Å². The van der Waals surface area contributed by atoms with Crippen molar-refractivity contribution >= 4 is 45.0 Å². The van der Waals surface area contributed by atoms with Gasteiger partial charge in [-0.15, -0.1) is 23.1 Å². The van der Waals surface area contributed by atoms with Crippen LogP contribution in [0.3, 0.4) is 0 Å². The molecule has 0 saturated carbocycles. The standard InChI is InChI=1S/C22H18N4OS2/c1-14-21(27)26(22(28-14)16-10-6-3-7-11-16)25-20-19-17(23-13-24-20)12-18(29-19)15-8-4-2-5-9-15/h2-14,22H,1H3,(H,23,24,25). The van der Waals surface area contributed by atoms with Crippen molar-refractivity contribution in [2.75, 3.05) is 5.43 Å². The zero-order valence-electron chi connectivity index (χ0n) is 15.6. The summed E-state index contributed by atoms with van der Waals surface area (Å²) in [4.78, 5) is 22.9. The second-order valence-corrected chi connectivity index (χ2v) is 9.25. The minimum atomic E-state index is -0.117. The van der Waals surface area contributed by atoms with Gasteiger partial charge < -0.3 is 0 Å². The molecule has 1 aliphatic heterocycles. The van der Waals surface area contributed by atoms with Crippen LogP contribution in [0.4, 0.5) is 5.82 Å². The fraction of sp³-hybridized carbons (Fsp3) is 0.136. The Kier molecular flexibility index (Phi) is 4.69. The molecule has 7 heteroatoms. The number of hydrogen-bond donors (Lipinski definition) is 1. The number of thioether (sulfide) groups is 1. The van der Waals surface area contributed by atoms with E-state index in [-0.39, 0.29) is 16.5 Å². The number of nitrogens with zero attached hydrogens (tertiary/aromatic N) is 3. The molecule has 0 bridgehead atoms. The third-order valence-electron chi connectivity index (χ3n) is 4.83. The van der Waals surface area contributed by atoms with Crippen LogP contribution >= 0.6 is 23.1 Å². The molecule has 3 heterocycles. The summed E-state index contributed by atoms with van der Waals surface area (Å²) in [6.45, 7) is 1.94. The molecule has 1 amide bonds. The lowest BCUT2D eigenvalue weighted by atomic mass is 10.2. The van der Waals surface area contributed by atoms with Crippen molar-refractivity contribution in [3.63, 3.8) is 0 Å². The lowest BCUT2D eigenvalue weighted by Gasteiger charge is -2.25. The predicted molar refractivity (Wildman–Crippen MR) is 120 cm³/mol. The highest BCUT2D eigenvalue weighted by Gasteiger charge is 2.39. The van der Waals surface area contributed by atoms with Gasteiger partial charge in [-0.1, -0.05) is 60.7 Å². The van der Waals surface area contributed by atoms with Gasteiger partial charge >= 0.3 is 0 Å². The number of carbonyl (C=O) groups excluding carboxylic acids is 1. The van der Waals surface area contributed by atoms with Crippen molar-refractivity contribution < 1.29 is 4.79 Å². The van der Waals surface area contributed by atoms with Crippen LogP contribution in [0, 0.1) is 0 Å². The van der Waals surface area contributed by atoms with E-state index < -0.39 is 0 Å². The van der Waals surface area contributed by atoms with Crippen molar-refractivity contribution in [1.29, 1.82) is 0 Å². The van der Waals surface area contributed by atoms with Gasteiger partial charge in [0.25, 0.3) is 5.91 Å². The van der Waals surface area contributed by atoms with Crippen LogP contribution in [-0.4, -0.2) is 26.1 Å². The van der Waals surface area contributed by atoms with E-state index in [9.17, 15) is 4.79 Å². The van der Waals surface area contributed by atoms with Crippen LogP contribution in [0.2, 0.25) is 0 Å². The molecule has 1 fully saturated rings. The largest absolute Gasteiger partial charge is 0.277 e. The first-order valence-corrected chi connectivity index (χ1v) is 11.1. The number of rotatable bonds is 4. The summed E-state index contributed by atoms with van der Waals surface area (Å²) in [7, 11) is 0. The zero-order valence-corrected chi connectivity index (χ0v) is 17.3. The van der Waals surface area contributed by atoms with Gasteiger partial charge in [0.2, 0.25) is 0 Å². The van der Waals surface area contributed by atoms with Crippen molar-refractivity contribution in [3.05, 3.63) is 78.6 Å². The number of hydrazine groups is 1. The van der Waals surface area contributed by atoms with Crippen molar-refractivity contribution in [3.8, 4) is 10.4 Å². The number of amides is 1. The molecule has 0 aliphatic carbocycles. The maximum absolute atomic E-state index is 12.9. The van der Waals surface area contributed by atoms with E-state index in [0.717, 1.165) is 26.2 Å². The lowest BCUT2D eigenvalue weighted by Crippen LogP contribution is -2.35. The number of nitrogens with one attached hydrogen (secondary N) is 1. The maximum Gasteiger partial charge on any atom is 0.255 e. The van der Waals surface area contributed by atoms with Gasteiger partial charge in [0.05, 0.1) is 15.5 Å². The van der Waals surface area contributed by atoms with E-state index in [0.29, 0.717) is 5.82 Å². The Morgan fingerprint density at radius 3 is 2.48 bits per heavy atom. The van der Waals surface area contributed by atoms with Gasteiger partial charge in [-0.25, -0.2) is 15.0 Å². The summed E-state index contributed by atoms with van der Waals surface area (Å²) >= 11 is 3.26. The molecule has 5 nitrogen and oxygen atoms in total. The molecule has 2 atom stereocenters. The number of anilines is 1. The molecule has 0 spiro atoms. The predicted octanol–water partition coefficient (Wildman–Crippen LogP) is 5.35. The molecule has 144 valence electrons. The van der Waals surface area contributed by atoms with Crippen molar-refractivity contribution in [1.82, 2.24) is 15.0 Å². The summed E-state index contributed by atoms with van der Waals surface area (Å²) in [5.41, 5.74) is 6.40. The van der Waals surface area contributed by atoms with Crippen LogP contribution in [0.1, 0.15) is 17.9 Å². The Morgan fingerprint density at radius 2 is 1.72 bits per heavy atom. The van der Waals surface area contributed by atoms with Crippen LogP contribution in [0.25, 0.3) is 20.7 Å². The quantitative estimate of drug-likeness (QED) is 0.484. The molecule has 2 unspecified atom stereocenters. The molecule has 1 aliphatic rings. The molecular weight excluding hydrogens is 400 g/mol. The summed E-state index contributed by atoms with van der Waals surface area (Å²) in [6, 6.07) is 22.4. The Balaban J connectivity index is 1.52. The van der Waals surface area contributed by atoms with E-state index in [1.54, 1.807) is 34.4 Å². The number of aromatic nitrogens is 2. The maximum atomic E-state index is 12.9. The van der Waals surface area contributed by atoms with Gasteiger partial charge in [-0.05, 0) is 24.1 Å². The molecular formula is C22H18N4OS2. The Bertz CT molecular complexity index is 1160. The summed E-state index contributed by atoms with van der Waals surface area (Å²) < 4.78 is 0.940. The smallest absolute Gasteiger partial charge is 0.255 e. The van der Waals surface area contributed by atoms with E-state index >= 15 is 0 Å². The highest BCUT2D eigenvalue weighted by molar-refractivity contribution is 8.01. The minimum absolute atomic E-state index is 0.0513. The third kappa shape index (κ3) is 3.36. The highest BCUT2D eigenvalue weighted by Crippen LogP contribution is 2.43. The van der Waals surface area contributed by atoms with Crippen LogP contribution in [0.5, 0.6) is 0 Å². The number of hydrogen-bond acceptors (Lipinski definition) is 6. The normalized spacial score (nSPS) is 19.1. The molecule has 29 heavy (non-hydrogen) atoms. The van der Waals surface area contributed by atoms with Crippen LogP contribution < -0.4 is 5.43 Å². The number of thiophene rings is 1. The monoisotopic (exact) mass is 418 g/mol. The SMILES string of the molecule is CC1SC(c2ccccc2)N(Nc2ncnc3cc(-c4ccccc4)sc23)C1=O. The summed E-state index contributed by atoms with van der Waals surface area (Å²) in [5, 5.41) is 1.49. The second-order valence-electron chi connectivity index (χ2n) is 6.77. The first kappa shape index (κ1) is 18.1. The van der Waals surface area contributed by atoms with E-state index in [1.165, 1.54) is 0 Å². The Hall–Kier alpha value is -2.90. The molecule has 4 aromatic rings. The Labute approximate surface area is 176 Å². The topological polar surface area (TPSA) is 58.1 Å². The molecule has 1 N–H and O–H groups in total. The van der Waals surface area contributed by atoms with Gasteiger partial charge in [-0.3, -0.25) is 10.2 Å². The van der Waals surface area contributed by atoms with Gasteiger partial charge in [0, 0.05) is 4.88 Å². The number of benzene rings is 2. The number of fused-ring (bicyclic) bond motifs is 1. The lowest BCUT2D eigenvalue weighted by molar-refractivity contribution is -0.128. The average molecular weight is 419 g/mol. The first-order valence-electron chi connectivity index (χ1n) is 9.31. The summed E-state index contributed by atoms with van der Waals surface area (Å²) in [6.07, 6.45) is 1.54. The second kappa shape index (κ2) is 7.50. The van der Waals surface area contributed by atoms with Gasteiger partial charge in [0.15, 0.2) is 5.82 Å². The molecule has 1 saturated heterocycles. The van der Waals surface area contributed by atoms with Gasteiger partial charge in [-0.2, -0.15) is 0 Å². The fourth-order valence-electron chi connectivity index (χ4n) is 3.38. The van der Waals surface area contributed by atoms with Crippen LogP contribution in [0.15, 0.2) is 73.1 Å². The van der Waals surface area contributed by atoms with Gasteiger partial charge in [0.1, 0.15) is 11.7 Å². The minimum Gasteiger partial charge on any atom is -0.277 e. The zero-order chi connectivity index (χ0) is 19.8. The van der Waals surface area contributed by atoms with Crippen molar-refractivity contribution in [2.45, 2.75) is 17.5 Å². The molecule has 0 radical (unpaired) electrons. The Morgan fingerprint density at radius 1 is 1.00 bits per heavy atom. The summed E-state index contributed by atoms with van der Waals surface area (Å²) in [5.74, 6) is 0.710. The van der Waals surface area contributed by atoms with Crippen LogP contribution in [-0.2, 0) is 4.79 Å².